The monoisotopic (exact) mass is 310 g/mol. The molecule has 1 aromatic heterocycles. The molecule has 6 nitrogen and oxygen atoms in total. The lowest BCUT2D eigenvalue weighted by molar-refractivity contribution is -0.384. The number of anilines is 1. The van der Waals surface area contributed by atoms with Crippen molar-refractivity contribution in [3.8, 4) is 0 Å². The zero-order valence-electron chi connectivity index (χ0n) is 9.58. The molecule has 0 bridgehead atoms. The molecule has 7 heteroatoms. The molecule has 0 saturated carbocycles. The third kappa shape index (κ3) is 2.21. The summed E-state index contributed by atoms with van der Waals surface area (Å²) in [5.41, 5.74) is 6.52. The summed E-state index contributed by atoms with van der Waals surface area (Å²) in [5, 5.41) is 14.7. The summed E-state index contributed by atoms with van der Waals surface area (Å²) in [7, 11) is 0. The normalized spacial score (nSPS) is 12.3. The van der Waals surface area contributed by atoms with Crippen LogP contribution in [-0.2, 0) is 0 Å². The summed E-state index contributed by atoms with van der Waals surface area (Å²) in [5.74, 6) is 0.0625. The van der Waals surface area contributed by atoms with Gasteiger partial charge in [0.25, 0.3) is 0 Å². The minimum atomic E-state index is -0.535. The lowest BCUT2D eigenvalue weighted by Gasteiger charge is -2.13. The first-order valence-electron chi connectivity index (χ1n) is 5.23. The van der Waals surface area contributed by atoms with Crippen LogP contribution in [0.1, 0.15) is 18.5 Å². The maximum Gasteiger partial charge on any atom is 0.330 e. The predicted octanol–water partition coefficient (Wildman–Crippen LogP) is 2.75. The third-order valence-electron chi connectivity index (χ3n) is 2.71. The van der Waals surface area contributed by atoms with Gasteiger partial charge >= 0.3 is 5.69 Å². The molecular weight excluding hydrogens is 300 g/mol. The quantitative estimate of drug-likeness (QED) is 0.697. The van der Waals surface area contributed by atoms with Gasteiger partial charge < -0.3 is 5.73 Å². The van der Waals surface area contributed by atoms with Crippen LogP contribution < -0.4 is 5.73 Å². The van der Waals surface area contributed by atoms with E-state index in [1.165, 1.54) is 10.9 Å². The summed E-state index contributed by atoms with van der Waals surface area (Å²) in [6.07, 6.45) is 1.17. The Morgan fingerprint density at radius 2 is 2.28 bits per heavy atom. The predicted molar refractivity (Wildman–Crippen MR) is 71.2 cm³/mol. The molecule has 18 heavy (non-hydrogen) atoms. The molecule has 1 unspecified atom stereocenters. The molecular formula is C11H11BrN4O2. The summed E-state index contributed by atoms with van der Waals surface area (Å²) in [6.45, 7) is 1.88. The Labute approximate surface area is 112 Å². The largest absolute Gasteiger partial charge is 0.378 e. The van der Waals surface area contributed by atoms with Gasteiger partial charge in [0.1, 0.15) is 6.20 Å². The van der Waals surface area contributed by atoms with Crippen molar-refractivity contribution < 1.29 is 4.92 Å². The molecule has 2 N–H and O–H groups in total. The van der Waals surface area contributed by atoms with Crippen LogP contribution in [0.15, 0.2) is 34.9 Å². The maximum atomic E-state index is 10.7. The van der Waals surface area contributed by atoms with Crippen LogP contribution >= 0.6 is 15.9 Å². The Morgan fingerprint density at radius 1 is 1.56 bits per heavy atom. The fraction of sp³-hybridized carbons (Fsp3) is 0.182. The second kappa shape index (κ2) is 4.77. The number of nitrogens with zero attached hydrogens (tertiary/aromatic N) is 3. The topological polar surface area (TPSA) is 87.0 Å². The average Bonchev–Trinajstić information content (AvgIpc) is 2.70. The maximum absolute atomic E-state index is 10.7. The molecule has 2 aromatic rings. The summed E-state index contributed by atoms with van der Waals surface area (Å²) in [4.78, 5) is 10.2. The van der Waals surface area contributed by atoms with Crippen molar-refractivity contribution in [3.05, 3.63) is 50.6 Å². The minimum Gasteiger partial charge on any atom is -0.378 e. The van der Waals surface area contributed by atoms with Crippen molar-refractivity contribution in [3.63, 3.8) is 0 Å². The Bertz CT molecular complexity index is 596. The fourth-order valence-corrected chi connectivity index (χ4v) is 2.14. The fourth-order valence-electron chi connectivity index (χ4n) is 1.72. The summed E-state index contributed by atoms with van der Waals surface area (Å²) < 4.78 is 2.38. The SMILES string of the molecule is CC(c1cccc(Br)c1)n1ncc([N+](=O)[O-])c1N. The van der Waals surface area contributed by atoms with Gasteiger partial charge in [0.15, 0.2) is 0 Å². The van der Waals surface area contributed by atoms with E-state index in [0.29, 0.717) is 0 Å². The lowest BCUT2D eigenvalue weighted by Crippen LogP contribution is -2.11. The first kappa shape index (κ1) is 12.6. The van der Waals surface area contributed by atoms with Crippen molar-refractivity contribution in [2.75, 3.05) is 5.73 Å². The molecule has 1 atom stereocenters. The smallest absolute Gasteiger partial charge is 0.330 e. The molecule has 0 amide bonds. The molecule has 0 radical (unpaired) electrons. The van der Waals surface area contributed by atoms with Crippen LogP contribution in [0.4, 0.5) is 11.5 Å². The van der Waals surface area contributed by atoms with Crippen LogP contribution in [0, 0.1) is 10.1 Å². The van der Waals surface area contributed by atoms with E-state index in [9.17, 15) is 10.1 Å². The number of aromatic nitrogens is 2. The average molecular weight is 311 g/mol. The Balaban J connectivity index is 2.40. The van der Waals surface area contributed by atoms with E-state index in [-0.39, 0.29) is 17.5 Å². The number of rotatable bonds is 3. The van der Waals surface area contributed by atoms with Gasteiger partial charge in [0.05, 0.1) is 11.0 Å². The highest BCUT2D eigenvalue weighted by Gasteiger charge is 2.21. The number of benzene rings is 1. The van der Waals surface area contributed by atoms with E-state index < -0.39 is 4.92 Å². The Hall–Kier alpha value is -1.89. The molecule has 1 heterocycles. The first-order valence-corrected chi connectivity index (χ1v) is 6.03. The molecule has 0 fully saturated rings. The van der Waals surface area contributed by atoms with E-state index in [1.54, 1.807) is 0 Å². The number of nitro groups is 1. The number of hydrogen-bond acceptors (Lipinski definition) is 4. The second-order valence-electron chi connectivity index (χ2n) is 3.85. The van der Waals surface area contributed by atoms with Crippen LogP contribution in [0.25, 0.3) is 0 Å². The number of halogens is 1. The van der Waals surface area contributed by atoms with E-state index in [4.69, 9.17) is 5.73 Å². The van der Waals surface area contributed by atoms with Gasteiger partial charge in [-0.1, -0.05) is 28.1 Å². The van der Waals surface area contributed by atoms with Crippen LogP contribution in [0.3, 0.4) is 0 Å². The van der Waals surface area contributed by atoms with Gasteiger partial charge in [-0.2, -0.15) is 5.10 Å². The molecule has 94 valence electrons. The van der Waals surface area contributed by atoms with E-state index >= 15 is 0 Å². The third-order valence-corrected chi connectivity index (χ3v) is 3.20. The van der Waals surface area contributed by atoms with Gasteiger partial charge in [-0.05, 0) is 24.6 Å². The van der Waals surface area contributed by atoms with Crippen molar-refractivity contribution in [2.45, 2.75) is 13.0 Å². The number of hydrogen-bond donors (Lipinski definition) is 1. The van der Waals surface area contributed by atoms with Crippen molar-refractivity contribution in [1.82, 2.24) is 9.78 Å². The van der Waals surface area contributed by atoms with Gasteiger partial charge in [-0.3, -0.25) is 10.1 Å². The molecule has 0 saturated heterocycles. The molecule has 0 spiro atoms. The Kier molecular flexibility index (Phi) is 3.33. The molecule has 1 aromatic carbocycles. The number of nitrogen functional groups attached to an aromatic ring is 1. The van der Waals surface area contributed by atoms with Crippen molar-refractivity contribution in [1.29, 1.82) is 0 Å². The van der Waals surface area contributed by atoms with Gasteiger partial charge in [0, 0.05) is 4.47 Å². The van der Waals surface area contributed by atoms with E-state index in [0.717, 1.165) is 10.0 Å². The molecule has 0 aliphatic carbocycles. The second-order valence-corrected chi connectivity index (χ2v) is 4.76. The van der Waals surface area contributed by atoms with Crippen LogP contribution in [0.2, 0.25) is 0 Å². The van der Waals surface area contributed by atoms with Gasteiger partial charge in [0.2, 0.25) is 5.82 Å². The van der Waals surface area contributed by atoms with Crippen LogP contribution in [-0.4, -0.2) is 14.7 Å². The minimum absolute atomic E-state index is 0.0625. The van der Waals surface area contributed by atoms with Crippen molar-refractivity contribution in [2.24, 2.45) is 0 Å². The Morgan fingerprint density at radius 3 is 2.83 bits per heavy atom. The molecule has 2 rings (SSSR count). The van der Waals surface area contributed by atoms with Gasteiger partial charge in [-0.15, -0.1) is 0 Å². The van der Waals surface area contributed by atoms with E-state index in [2.05, 4.69) is 21.0 Å². The highest BCUT2D eigenvalue weighted by atomic mass is 79.9. The lowest BCUT2D eigenvalue weighted by atomic mass is 10.1. The van der Waals surface area contributed by atoms with Gasteiger partial charge in [-0.25, -0.2) is 4.68 Å². The molecule has 0 aliphatic heterocycles. The summed E-state index contributed by atoms with van der Waals surface area (Å²) in [6, 6.07) is 7.48. The first-order chi connectivity index (χ1) is 8.50. The highest BCUT2D eigenvalue weighted by molar-refractivity contribution is 9.10. The zero-order chi connectivity index (χ0) is 13.3. The highest BCUT2D eigenvalue weighted by Crippen LogP contribution is 2.27. The van der Waals surface area contributed by atoms with E-state index in [1.807, 2.05) is 31.2 Å². The van der Waals surface area contributed by atoms with Crippen LogP contribution in [0.5, 0.6) is 0 Å². The zero-order valence-corrected chi connectivity index (χ0v) is 11.2. The number of nitrogens with two attached hydrogens (primary N) is 1. The molecule has 0 aliphatic rings. The van der Waals surface area contributed by atoms with Crippen molar-refractivity contribution >= 4 is 27.4 Å². The summed E-state index contributed by atoms with van der Waals surface area (Å²) >= 11 is 3.38. The standard InChI is InChI=1S/C11H11BrN4O2/c1-7(8-3-2-4-9(12)5-8)15-11(13)10(6-14-15)16(17)18/h2-7H,13H2,1H3.